The van der Waals surface area contributed by atoms with Crippen LogP contribution in [0, 0.1) is 5.82 Å². The first-order chi connectivity index (χ1) is 25.6. The van der Waals surface area contributed by atoms with Crippen molar-refractivity contribution in [2.75, 3.05) is 11.9 Å². The van der Waals surface area contributed by atoms with E-state index in [1.807, 2.05) is 97.1 Å². The fraction of sp³-hybridized carbons (Fsp3) is 0.422. The van der Waals surface area contributed by atoms with Crippen LogP contribution in [0.3, 0.4) is 0 Å². The van der Waals surface area contributed by atoms with Gasteiger partial charge in [0.2, 0.25) is 5.43 Å². The molecular formula is C45H67FN4O3. The molecule has 0 bridgehead atoms. The molecule has 1 aliphatic heterocycles. The lowest BCUT2D eigenvalue weighted by molar-refractivity contribution is 0.0999. The first-order valence-electron chi connectivity index (χ1n) is 19.5. The SMILES string of the molecule is C=CCCC(=C)N/C=C(\C)CC.CC.CC.CC.CCCCCC.CCNc1c(F)cc2c(=O)c(C(N)=O)cn3c2c1Oc1cc2ccccc2cc1-3. The lowest BCUT2D eigenvalue weighted by atomic mass is 10.0. The number of nitrogens with two attached hydrogens (primary N) is 1. The first kappa shape index (κ1) is 48.1. The van der Waals surface area contributed by atoms with E-state index in [0.717, 1.165) is 41.8 Å². The maximum absolute atomic E-state index is 14.8. The minimum Gasteiger partial charge on any atom is -0.451 e. The summed E-state index contributed by atoms with van der Waals surface area (Å²) < 4.78 is 22.6. The van der Waals surface area contributed by atoms with E-state index in [0.29, 0.717) is 23.5 Å². The number of rotatable bonds is 12. The number of nitrogens with one attached hydrogen (secondary N) is 2. The van der Waals surface area contributed by atoms with E-state index in [-0.39, 0.29) is 22.4 Å². The molecular weight excluding hydrogens is 664 g/mol. The molecule has 0 atom stereocenters. The van der Waals surface area contributed by atoms with Gasteiger partial charge in [-0.25, -0.2) is 4.39 Å². The lowest BCUT2D eigenvalue weighted by Gasteiger charge is -2.26. The van der Waals surface area contributed by atoms with Gasteiger partial charge in [-0.15, -0.1) is 6.58 Å². The largest absolute Gasteiger partial charge is 0.451 e. The van der Waals surface area contributed by atoms with Crippen LogP contribution in [0.5, 0.6) is 11.5 Å². The van der Waals surface area contributed by atoms with Gasteiger partial charge in [0.25, 0.3) is 5.91 Å². The number of benzene rings is 3. The van der Waals surface area contributed by atoms with Crippen LogP contribution in [0.15, 0.2) is 90.2 Å². The Morgan fingerprint density at radius 2 is 1.55 bits per heavy atom. The molecule has 5 rings (SSSR count). The molecule has 3 aromatic carbocycles. The second-order valence-electron chi connectivity index (χ2n) is 11.5. The molecule has 292 valence electrons. The third-order valence-corrected chi connectivity index (χ3v) is 7.80. The zero-order valence-electron chi connectivity index (χ0n) is 34.5. The molecule has 0 fully saturated rings. The van der Waals surface area contributed by atoms with Gasteiger partial charge >= 0.3 is 0 Å². The third kappa shape index (κ3) is 13.9. The minimum absolute atomic E-state index is 0.0364. The van der Waals surface area contributed by atoms with Gasteiger partial charge in [-0.3, -0.25) is 9.59 Å². The Bertz CT molecular complexity index is 1820. The number of pyridine rings is 1. The Morgan fingerprint density at radius 3 is 2.06 bits per heavy atom. The van der Waals surface area contributed by atoms with Crippen molar-refractivity contribution >= 4 is 33.3 Å². The molecule has 2 heterocycles. The predicted octanol–water partition coefficient (Wildman–Crippen LogP) is 13.0. The van der Waals surface area contributed by atoms with Crippen LogP contribution < -0.4 is 26.5 Å². The van der Waals surface area contributed by atoms with Gasteiger partial charge in [0, 0.05) is 18.4 Å². The summed E-state index contributed by atoms with van der Waals surface area (Å²) in [5.74, 6) is -0.810. The van der Waals surface area contributed by atoms with Crippen molar-refractivity contribution in [2.24, 2.45) is 5.73 Å². The number of hydrogen-bond acceptors (Lipinski definition) is 5. The number of ether oxygens (including phenoxy) is 1. The predicted molar refractivity (Wildman–Crippen MR) is 229 cm³/mol. The van der Waals surface area contributed by atoms with E-state index in [2.05, 4.69) is 51.5 Å². The number of carbonyl (C=O) groups excluding carboxylic acids is 1. The number of hydrogen-bond donors (Lipinski definition) is 3. The van der Waals surface area contributed by atoms with Gasteiger partial charge in [-0.1, -0.05) is 130 Å². The monoisotopic (exact) mass is 731 g/mol. The molecule has 0 saturated heterocycles. The summed E-state index contributed by atoms with van der Waals surface area (Å²) >= 11 is 0. The number of primary amides is 1. The molecule has 1 aromatic heterocycles. The summed E-state index contributed by atoms with van der Waals surface area (Å²) in [6.45, 7) is 30.6. The number of carbonyl (C=O) groups is 1. The first-order valence-corrected chi connectivity index (χ1v) is 19.5. The Kier molecular flexibility index (Phi) is 24.4. The van der Waals surface area contributed by atoms with Crippen LogP contribution in [0.2, 0.25) is 0 Å². The molecule has 0 radical (unpaired) electrons. The number of anilines is 1. The lowest BCUT2D eigenvalue weighted by Crippen LogP contribution is -2.25. The van der Waals surface area contributed by atoms with Crippen LogP contribution in [0.25, 0.3) is 27.4 Å². The summed E-state index contributed by atoms with van der Waals surface area (Å²) in [6.07, 6.45) is 13.9. The summed E-state index contributed by atoms with van der Waals surface area (Å²) in [6, 6.07) is 12.6. The van der Waals surface area contributed by atoms with Gasteiger partial charge < -0.3 is 25.7 Å². The van der Waals surface area contributed by atoms with Gasteiger partial charge in [-0.05, 0) is 68.3 Å². The molecule has 1 amide bonds. The van der Waals surface area contributed by atoms with Crippen LogP contribution in [-0.4, -0.2) is 17.0 Å². The average molecular weight is 731 g/mol. The van der Waals surface area contributed by atoms with Gasteiger partial charge in [0.1, 0.15) is 16.8 Å². The normalized spacial score (nSPS) is 10.4. The quantitative estimate of drug-likeness (QED) is 0.0877. The summed E-state index contributed by atoms with van der Waals surface area (Å²) in [5, 5.41) is 8.07. The van der Waals surface area contributed by atoms with E-state index < -0.39 is 17.2 Å². The van der Waals surface area contributed by atoms with E-state index >= 15 is 0 Å². The van der Waals surface area contributed by atoms with Gasteiger partial charge in [-0.2, -0.15) is 0 Å². The molecule has 8 heteroatoms. The van der Waals surface area contributed by atoms with Crippen molar-refractivity contribution in [3.05, 3.63) is 107 Å². The summed E-state index contributed by atoms with van der Waals surface area (Å²) in [4.78, 5) is 24.7. The molecule has 0 saturated carbocycles. The second-order valence-corrected chi connectivity index (χ2v) is 11.5. The van der Waals surface area contributed by atoms with Crippen LogP contribution in [0.1, 0.15) is 131 Å². The van der Waals surface area contributed by atoms with Crippen molar-refractivity contribution in [1.82, 2.24) is 9.88 Å². The highest BCUT2D eigenvalue weighted by Crippen LogP contribution is 2.46. The molecule has 0 unspecified atom stereocenters. The fourth-order valence-corrected chi connectivity index (χ4v) is 5.00. The summed E-state index contributed by atoms with van der Waals surface area (Å²) in [5.41, 5.74) is 8.18. The number of unbranched alkanes of at least 4 members (excludes halogenated alkanes) is 3. The maximum atomic E-state index is 14.8. The van der Waals surface area contributed by atoms with E-state index in [4.69, 9.17) is 10.5 Å². The van der Waals surface area contributed by atoms with Crippen molar-refractivity contribution < 1.29 is 13.9 Å². The average Bonchev–Trinajstić information content (AvgIpc) is 3.19. The number of allylic oxidation sites excluding steroid dienone is 3. The standard InChI is InChI=1S/C22H16FN3O3.C11H19N.C6H14.3C2H6/c1-2-25-18-15(23)9-13-19-21(18)29-17-8-12-6-4-3-5-11(12)7-16(17)26(19)10-14(20(13)27)22(24)28;1-5-7-8-11(4)12-9-10(3)6-2;1-3-5-6-4-2;3*1-2/h3-10,25H,2H2,1H3,(H2,24,28);5,9,12H,1,4,6-8H2,2-3H3;3-6H2,1-2H3;3*1-2H3/b;10-9+;;;;. The number of amides is 1. The van der Waals surface area contributed by atoms with E-state index in [9.17, 15) is 14.0 Å². The molecule has 0 aliphatic carbocycles. The van der Waals surface area contributed by atoms with Gasteiger partial charge in [0.05, 0.1) is 11.1 Å². The van der Waals surface area contributed by atoms with Crippen molar-refractivity contribution in [3.63, 3.8) is 0 Å². The third-order valence-electron chi connectivity index (χ3n) is 7.80. The smallest absolute Gasteiger partial charge is 0.254 e. The maximum Gasteiger partial charge on any atom is 0.254 e. The zero-order chi connectivity index (χ0) is 40.5. The van der Waals surface area contributed by atoms with Crippen LogP contribution >= 0.6 is 0 Å². The summed E-state index contributed by atoms with van der Waals surface area (Å²) in [7, 11) is 0. The van der Waals surface area contributed by atoms with Gasteiger partial charge in [0.15, 0.2) is 17.3 Å². The van der Waals surface area contributed by atoms with Crippen molar-refractivity contribution in [3.8, 4) is 17.2 Å². The number of halogens is 1. The molecule has 4 N–H and O–H groups in total. The number of aromatic nitrogens is 1. The highest BCUT2D eigenvalue weighted by atomic mass is 19.1. The highest BCUT2D eigenvalue weighted by Gasteiger charge is 2.28. The fourth-order valence-electron chi connectivity index (χ4n) is 5.00. The molecule has 53 heavy (non-hydrogen) atoms. The Hall–Kier alpha value is -4.85. The zero-order valence-corrected chi connectivity index (χ0v) is 34.5. The van der Waals surface area contributed by atoms with Crippen molar-refractivity contribution in [1.29, 1.82) is 0 Å². The topological polar surface area (TPSA) is 98.4 Å². The molecule has 7 nitrogen and oxygen atoms in total. The Labute approximate surface area is 319 Å². The number of fused-ring (bicyclic) bond motifs is 3. The number of nitrogens with zero attached hydrogens (tertiary/aromatic N) is 1. The molecule has 4 aromatic rings. The van der Waals surface area contributed by atoms with E-state index in [1.165, 1.54) is 37.5 Å². The Morgan fingerprint density at radius 1 is 0.962 bits per heavy atom. The molecule has 0 spiro atoms. The molecule has 1 aliphatic rings. The van der Waals surface area contributed by atoms with Crippen molar-refractivity contribution in [2.45, 2.75) is 121 Å². The Balaban J connectivity index is 0.000000940. The van der Waals surface area contributed by atoms with Crippen LogP contribution in [-0.2, 0) is 0 Å². The highest BCUT2D eigenvalue weighted by molar-refractivity contribution is 6.01. The minimum atomic E-state index is -0.868. The van der Waals surface area contributed by atoms with Crippen LogP contribution in [0.4, 0.5) is 10.1 Å². The van der Waals surface area contributed by atoms with E-state index in [1.54, 1.807) is 4.57 Å². The second kappa shape index (κ2) is 26.9.